The highest BCUT2D eigenvalue weighted by atomic mass is 19.1. The molecule has 0 radical (unpaired) electrons. The Balaban J connectivity index is 2.16. The molecule has 116 valence electrons. The molecular formula is C16H24FN3O. The van der Waals surface area contributed by atoms with Crippen molar-refractivity contribution >= 4 is 11.7 Å². The number of amides is 1. The Morgan fingerprint density at radius 1 is 1.38 bits per heavy atom. The fourth-order valence-electron chi connectivity index (χ4n) is 2.90. The minimum atomic E-state index is -0.551. The van der Waals surface area contributed by atoms with E-state index in [2.05, 4.69) is 10.3 Å². The van der Waals surface area contributed by atoms with Crippen molar-refractivity contribution in [3.05, 3.63) is 23.6 Å². The molecule has 4 nitrogen and oxygen atoms in total. The lowest BCUT2D eigenvalue weighted by molar-refractivity contribution is 0.0713. The van der Waals surface area contributed by atoms with Crippen LogP contribution in [0.1, 0.15) is 55.8 Å². The van der Waals surface area contributed by atoms with Gasteiger partial charge < -0.3 is 10.2 Å². The van der Waals surface area contributed by atoms with Crippen molar-refractivity contribution in [2.45, 2.75) is 51.5 Å². The van der Waals surface area contributed by atoms with Crippen molar-refractivity contribution in [3.8, 4) is 0 Å². The molecule has 1 aliphatic rings. The van der Waals surface area contributed by atoms with Crippen LogP contribution in [-0.2, 0) is 0 Å². The molecule has 1 amide bonds. The van der Waals surface area contributed by atoms with E-state index >= 15 is 0 Å². The van der Waals surface area contributed by atoms with Crippen LogP contribution in [-0.4, -0.2) is 35.4 Å². The van der Waals surface area contributed by atoms with Gasteiger partial charge in [-0.05, 0) is 25.8 Å². The molecule has 1 fully saturated rings. The van der Waals surface area contributed by atoms with E-state index in [1.54, 1.807) is 11.9 Å². The second kappa shape index (κ2) is 7.38. The first-order valence-corrected chi connectivity index (χ1v) is 7.80. The highest BCUT2D eigenvalue weighted by molar-refractivity contribution is 5.95. The fourth-order valence-corrected chi connectivity index (χ4v) is 2.90. The van der Waals surface area contributed by atoms with Crippen LogP contribution in [0.3, 0.4) is 0 Å². The predicted molar refractivity (Wildman–Crippen MR) is 81.9 cm³/mol. The van der Waals surface area contributed by atoms with E-state index in [4.69, 9.17) is 0 Å². The van der Waals surface area contributed by atoms with E-state index in [1.807, 2.05) is 6.92 Å². The van der Waals surface area contributed by atoms with Gasteiger partial charge in [0.25, 0.3) is 5.91 Å². The molecule has 2 rings (SSSR count). The molecule has 0 unspecified atom stereocenters. The van der Waals surface area contributed by atoms with Crippen LogP contribution in [0.4, 0.5) is 10.2 Å². The Kier molecular flexibility index (Phi) is 5.53. The van der Waals surface area contributed by atoms with E-state index in [-0.39, 0.29) is 23.3 Å². The second-order valence-corrected chi connectivity index (χ2v) is 5.61. The summed E-state index contributed by atoms with van der Waals surface area (Å²) in [4.78, 5) is 18.2. The monoisotopic (exact) mass is 293 g/mol. The fraction of sp³-hybridized carbons (Fsp3) is 0.625. The van der Waals surface area contributed by atoms with E-state index in [0.717, 1.165) is 25.7 Å². The first-order valence-electron chi connectivity index (χ1n) is 7.80. The lowest BCUT2D eigenvalue weighted by atomic mass is 10.1. The number of rotatable bonds is 4. The molecule has 0 atom stereocenters. The highest BCUT2D eigenvalue weighted by Gasteiger charge is 2.25. The number of aromatic nitrogens is 1. The van der Waals surface area contributed by atoms with Gasteiger partial charge in [0, 0.05) is 25.8 Å². The van der Waals surface area contributed by atoms with Crippen LogP contribution in [0.25, 0.3) is 0 Å². The Bertz CT molecular complexity index is 484. The number of anilines is 1. The van der Waals surface area contributed by atoms with Crippen LogP contribution in [0.2, 0.25) is 0 Å². The standard InChI is InChI=1S/C16H24FN3O/c1-3-18-15-14(17)13(10-11-19-15)16(21)20(2)12-8-6-4-5-7-9-12/h10-12H,3-9H2,1-2H3,(H,18,19). The van der Waals surface area contributed by atoms with Gasteiger partial charge in [-0.3, -0.25) is 4.79 Å². The summed E-state index contributed by atoms with van der Waals surface area (Å²) in [5, 5.41) is 2.84. The van der Waals surface area contributed by atoms with Crippen molar-refractivity contribution in [2.75, 3.05) is 18.9 Å². The van der Waals surface area contributed by atoms with Crippen LogP contribution in [0, 0.1) is 5.82 Å². The Labute approximate surface area is 125 Å². The Morgan fingerprint density at radius 3 is 2.67 bits per heavy atom. The summed E-state index contributed by atoms with van der Waals surface area (Å²) >= 11 is 0. The van der Waals surface area contributed by atoms with Gasteiger partial charge in [0.1, 0.15) is 0 Å². The molecule has 1 aromatic heterocycles. The summed E-state index contributed by atoms with van der Waals surface area (Å²) in [7, 11) is 1.78. The number of pyridine rings is 1. The quantitative estimate of drug-likeness (QED) is 0.865. The van der Waals surface area contributed by atoms with E-state index < -0.39 is 5.82 Å². The molecule has 0 saturated heterocycles. The molecular weight excluding hydrogens is 269 g/mol. The zero-order chi connectivity index (χ0) is 15.2. The second-order valence-electron chi connectivity index (χ2n) is 5.61. The van der Waals surface area contributed by atoms with Crippen molar-refractivity contribution in [1.29, 1.82) is 0 Å². The Morgan fingerprint density at radius 2 is 2.05 bits per heavy atom. The first kappa shape index (κ1) is 15.7. The predicted octanol–water partition coefficient (Wildman–Crippen LogP) is 3.45. The van der Waals surface area contributed by atoms with Gasteiger partial charge >= 0.3 is 0 Å². The van der Waals surface area contributed by atoms with Crippen molar-refractivity contribution in [3.63, 3.8) is 0 Å². The number of halogens is 1. The summed E-state index contributed by atoms with van der Waals surface area (Å²) in [6, 6.07) is 1.68. The molecule has 21 heavy (non-hydrogen) atoms. The van der Waals surface area contributed by atoms with Crippen molar-refractivity contribution < 1.29 is 9.18 Å². The van der Waals surface area contributed by atoms with Gasteiger partial charge in [-0.15, -0.1) is 0 Å². The topological polar surface area (TPSA) is 45.2 Å². The summed E-state index contributed by atoms with van der Waals surface area (Å²) in [6.07, 6.45) is 8.24. The van der Waals surface area contributed by atoms with E-state index in [9.17, 15) is 9.18 Å². The average molecular weight is 293 g/mol. The normalized spacial score (nSPS) is 16.3. The van der Waals surface area contributed by atoms with Gasteiger partial charge in [-0.25, -0.2) is 9.37 Å². The number of nitrogens with one attached hydrogen (secondary N) is 1. The number of carbonyl (C=O) groups excluding carboxylic acids is 1. The van der Waals surface area contributed by atoms with Gasteiger partial charge in [-0.1, -0.05) is 25.7 Å². The summed E-state index contributed by atoms with van der Waals surface area (Å²) in [5.74, 6) is -0.650. The molecule has 1 aromatic rings. The maximum atomic E-state index is 14.3. The highest BCUT2D eigenvalue weighted by Crippen LogP contribution is 2.24. The third kappa shape index (κ3) is 3.71. The van der Waals surface area contributed by atoms with Crippen LogP contribution >= 0.6 is 0 Å². The average Bonchev–Trinajstić information content (AvgIpc) is 2.77. The van der Waals surface area contributed by atoms with E-state index in [1.165, 1.54) is 25.1 Å². The van der Waals surface area contributed by atoms with Crippen molar-refractivity contribution in [2.24, 2.45) is 0 Å². The number of carbonyl (C=O) groups is 1. The van der Waals surface area contributed by atoms with Crippen LogP contribution in [0.5, 0.6) is 0 Å². The molecule has 0 bridgehead atoms. The number of hydrogen-bond donors (Lipinski definition) is 1. The summed E-state index contributed by atoms with van der Waals surface area (Å²) in [5.41, 5.74) is 0.104. The maximum absolute atomic E-state index is 14.3. The summed E-state index contributed by atoms with van der Waals surface area (Å²) in [6.45, 7) is 2.44. The molecule has 0 aromatic carbocycles. The molecule has 1 aliphatic carbocycles. The zero-order valence-corrected chi connectivity index (χ0v) is 12.9. The lowest BCUT2D eigenvalue weighted by Crippen LogP contribution is -2.37. The van der Waals surface area contributed by atoms with Crippen LogP contribution < -0.4 is 5.32 Å². The SMILES string of the molecule is CCNc1nccc(C(=O)N(C)C2CCCCCC2)c1F. The smallest absolute Gasteiger partial charge is 0.257 e. The van der Waals surface area contributed by atoms with Gasteiger partial charge in [0.15, 0.2) is 11.6 Å². The molecule has 5 heteroatoms. The maximum Gasteiger partial charge on any atom is 0.257 e. The van der Waals surface area contributed by atoms with Gasteiger partial charge in [0.2, 0.25) is 0 Å². The number of hydrogen-bond acceptors (Lipinski definition) is 3. The number of nitrogens with zero attached hydrogens (tertiary/aromatic N) is 2. The minimum Gasteiger partial charge on any atom is -0.368 e. The third-order valence-corrected chi connectivity index (χ3v) is 4.16. The van der Waals surface area contributed by atoms with Crippen molar-refractivity contribution in [1.82, 2.24) is 9.88 Å². The zero-order valence-electron chi connectivity index (χ0n) is 12.9. The lowest BCUT2D eigenvalue weighted by Gasteiger charge is -2.27. The molecule has 1 heterocycles. The Hall–Kier alpha value is -1.65. The minimum absolute atomic E-state index is 0.104. The summed E-state index contributed by atoms with van der Waals surface area (Å²) < 4.78 is 14.3. The largest absolute Gasteiger partial charge is 0.368 e. The molecule has 1 N–H and O–H groups in total. The first-order chi connectivity index (χ1) is 10.1. The third-order valence-electron chi connectivity index (χ3n) is 4.16. The van der Waals surface area contributed by atoms with Gasteiger partial charge in [0.05, 0.1) is 5.56 Å². The van der Waals surface area contributed by atoms with Gasteiger partial charge in [-0.2, -0.15) is 0 Å². The van der Waals surface area contributed by atoms with E-state index in [0.29, 0.717) is 6.54 Å². The molecule has 1 saturated carbocycles. The van der Waals surface area contributed by atoms with Crippen LogP contribution in [0.15, 0.2) is 12.3 Å². The molecule has 0 spiro atoms. The molecule has 0 aliphatic heterocycles.